The predicted octanol–water partition coefficient (Wildman–Crippen LogP) is 2.46. The second-order valence-corrected chi connectivity index (χ2v) is 3.89. The van der Waals surface area contributed by atoms with Crippen LogP contribution in [0.1, 0.15) is 25.0 Å². The van der Waals surface area contributed by atoms with E-state index in [1.165, 1.54) is 6.92 Å². The number of benzene rings is 1. The highest BCUT2D eigenvalue weighted by atomic mass is 79.9. The summed E-state index contributed by atoms with van der Waals surface area (Å²) < 4.78 is 0.964. The highest BCUT2D eigenvalue weighted by Crippen LogP contribution is 2.19. The topological polar surface area (TPSA) is 37.3 Å². The first-order valence-corrected chi connectivity index (χ1v) is 4.82. The maximum atomic E-state index is 10.7. The van der Waals surface area contributed by atoms with Crippen molar-refractivity contribution in [2.45, 2.75) is 19.4 Å². The number of carbonyl (C=O) groups is 1. The smallest absolute Gasteiger partial charge is 0.132 e. The van der Waals surface area contributed by atoms with Crippen LogP contribution in [-0.4, -0.2) is 10.9 Å². The van der Waals surface area contributed by atoms with Crippen LogP contribution in [0.15, 0.2) is 28.7 Å². The molecule has 0 heterocycles. The third-order valence-electron chi connectivity index (χ3n) is 1.74. The van der Waals surface area contributed by atoms with Gasteiger partial charge in [0.2, 0.25) is 0 Å². The summed E-state index contributed by atoms with van der Waals surface area (Å²) in [5.74, 6) is -0.00424. The molecule has 0 saturated heterocycles. The van der Waals surface area contributed by atoms with Crippen molar-refractivity contribution < 1.29 is 9.90 Å². The molecule has 0 aliphatic heterocycles. The second-order valence-electron chi connectivity index (χ2n) is 2.97. The van der Waals surface area contributed by atoms with E-state index < -0.39 is 6.10 Å². The summed E-state index contributed by atoms with van der Waals surface area (Å²) >= 11 is 3.30. The molecule has 1 rings (SSSR count). The Kier molecular flexibility index (Phi) is 3.63. The molecule has 1 aromatic carbocycles. The van der Waals surface area contributed by atoms with E-state index in [0.717, 1.165) is 10.0 Å². The predicted molar refractivity (Wildman–Crippen MR) is 54.4 cm³/mol. The van der Waals surface area contributed by atoms with Crippen LogP contribution in [0.25, 0.3) is 0 Å². The van der Waals surface area contributed by atoms with E-state index in [4.69, 9.17) is 0 Å². The average molecular weight is 243 g/mol. The van der Waals surface area contributed by atoms with Gasteiger partial charge in [0.1, 0.15) is 5.78 Å². The summed E-state index contributed by atoms with van der Waals surface area (Å²) in [5, 5.41) is 9.55. The van der Waals surface area contributed by atoms with Crippen LogP contribution in [0.4, 0.5) is 0 Å². The molecule has 13 heavy (non-hydrogen) atoms. The van der Waals surface area contributed by atoms with E-state index in [9.17, 15) is 9.90 Å². The summed E-state index contributed by atoms with van der Waals surface area (Å²) in [6, 6.07) is 7.30. The fraction of sp³-hybridized carbons (Fsp3) is 0.300. The van der Waals surface area contributed by atoms with E-state index >= 15 is 0 Å². The Morgan fingerprint density at radius 1 is 1.46 bits per heavy atom. The quantitative estimate of drug-likeness (QED) is 0.885. The molecule has 0 spiro atoms. The molecule has 0 radical (unpaired) electrons. The van der Waals surface area contributed by atoms with Crippen LogP contribution in [0, 0.1) is 0 Å². The molecule has 1 atom stereocenters. The lowest BCUT2D eigenvalue weighted by atomic mass is 10.1. The van der Waals surface area contributed by atoms with E-state index in [1.807, 2.05) is 12.1 Å². The first-order chi connectivity index (χ1) is 6.09. The minimum Gasteiger partial charge on any atom is -0.388 e. The van der Waals surface area contributed by atoms with Gasteiger partial charge in [0.15, 0.2) is 0 Å². The van der Waals surface area contributed by atoms with Crippen molar-refractivity contribution in [3.63, 3.8) is 0 Å². The number of hydrogen-bond acceptors (Lipinski definition) is 2. The number of carbonyl (C=O) groups excluding carboxylic acids is 1. The van der Waals surface area contributed by atoms with Crippen LogP contribution in [0.3, 0.4) is 0 Å². The van der Waals surface area contributed by atoms with E-state index in [-0.39, 0.29) is 12.2 Å². The zero-order valence-electron chi connectivity index (χ0n) is 7.33. The molecule has 70 valence electrons. The van der Waals surface area contributed by atoms with Gasteiger partial charge >= 0.3 is 0 Å². The number of halogens is 1. The van der Waals surface area contributed by atoms with Gasteiger partial charge in [-0.2, -0.15) is 0 Å². The van der Waals surface area contributed by atoms with Gasteiger partial charge in [-0.3, -0.25) is 4.79 Å². The van der Waals surface area contributed by atoms with E-state index in [0.29, 0.717) is 0 Å². The Hall–Kier alpha value is -0.670. The second kappa shape index (κ2) is 4.53. The molecule has 1 aromatic rings. The summed E-state index contributed by atoms with van der Waals surface area (Å²) in [7, 11) is 0. The summed E-state index contributed by atoms with van der Waals surface area (Å²) in [4.78, 5) is 10.7. The number of Topliss-reactive ketones (excluding diaryl/α,β-unsaturated/α-hetero) is 1. The average Bonchev–Trinajstić information content (AvgIpc) is 2.04. The van der Waals surface area contributed by atoms with Gasteiger partial charge in [0.05, 0.1) is 6.10 Å². The highest BCUT2D eigenvalue weighted by Gasteiger charge is 2.09. The molecular weight excluding hydrogens is 232 g/mol. The zero-order valence-corrected chi connectivity index (χ0v) is 8.91. The Morgan fingerprint density at radius 3 is 2.46 bits per heavy atom. The van der Waals surface area contributed by atoms with Crippen LogP contribution >= 0.6 is 15.9 Å². The normalized spacial score (nSPS) is 12.5. The maximum absolute atomic E-state index is 10.7. The molecule has 0 saturated carbocycles. The van der Waals surface area contributed by atoms with E-state index in [1.54, 1.807) is 12.1 Å². The Morgan fingerprint density at radius 2 is 2.00 bits per heavy atom. The maximum Gasteiger partial charge on any atom is 0.132 e. The molecule has 0 unspecified atom stereocenters. The molecule has 0 fully saturated rings. The van der Waals surface area contributed by atoms with Crippen LogP contribution in [0.2, 0.25) is 0 Å². The standard InChI is InChI=1S/C10H11BrO2/c1-7(12)6-10(13)8-2-4-9(11)5-3-8/h2-5,10,13H,6H2,1H3/t10-/m0/s1. The van der Waals surface area contributed by atoms with Gasteiger partial charge in [-0.1, -0.05) is 28.1 Å². The van der Waals surface area contributed by atoms with Crippen LogP contribution in [0.5, 0.6) is 0 Å². The first-order valence-electron chi connectivity index (χ1n) is 4.02. The minimum atomic E-state index is -0.675. The molecule has 0 aliphatic rings. The molecule has 3 heteroatoms. The minimum absolute atomic E-state index is 0.00424. The Labute approximate surface area is 85.7 Å². The lowest BCUT2D eigenvalue weighted by Crippen LogP contribution is -2.02. The van der Waals surface area contributed by atoms with Gasteiger partial charge < -0.3 is 5.11 Å². The Balaban J connectivity index is 2.71. The SMILES string of the molecule is CC(=O)C[C@H](O)c1ccc(Br)cc1. The van der Waals surface area contributed by atoms with Gasteiger partial charge in [-0.15, -0.1) is 0 Å². The van der Waals surface area contributed by atoms with Crippen molar-refractivity contribution in [2.75, 3.05) is 0 Å². The van der Waals surface area contributed by atoms with Gasteiger partial charge in [-0.05, 0) is 24.6 Å². The highest BCUT2D eigenvalue weighted by molar-refractivity contribution is 9.10. The molecular formula is C10H11BrO2. The summed E-state index contributed by atoms with van der Waals surface area (Å²) in [6.07, 6.45) is -0.493. The number of hydrogen-bond donors (Lipinski definition) is 1. The Bertz CT molecular complexity index is 292. The van der Waals surface area contributed by atoms with Crippen molar-refractivity contribution in [2.24, 2.45) is 0 Å². The van der Waals surface area contributed by atoms with Crippen molar-refractivity contribution in [1.29, 1.82) is 0 Å². The third kappa shape index (κ3) is 3.28. The van der Waals surface area contributed by atoms with Crippen molar-refractivity contribution >= 4 is 21.7 Å². The van der Waals surface area contributed by atoms with Crippen molar-refractivity contribution in [3.05, 3.63) is 34.3 Å². The summed E-state index contributed by atoms with van der Waals surface area (Å²) in [6.45, 7) is 1.47. The number of rotatable bonds is 3. The zero-order chi connectivity index (χ0) is 9.84. The monoisotopic (exact) mass is 242 g/mol. The summed E-state index contributed by atoms with van der Waals surface area (Å²) in [5.41, 5.74) is 0.776. The van der Waals surface area contributed by atoms with Gasteiger partial charge in [-0.25, -0.2) is 0 Å². The molecule has 2 nitrogen and oxygen atoms in total. The van der Waals surface area contributed by atoms with Gasteiger partial charge in [0.25, 0.3) is 0 Å². The first kappa shape index (κ1) is 10.4. The van der Waals surface area contributed by atoms with E-state index in [2.05, 4.69) is 15.9 Å². The lowest BCUT2D eigenvalue weighted by molar-refractivity contribution is -0.118. The fourth-order valence-corrected chi connectivity index (χ4v) is 1.34. The fourth-order valence-electron chi connectivity index (χ4n) is 1.08. The number of aliphatic hydroxyl groups is 1. The molecule has 0 bridgehead atoms. The van der Waals surface area contributed by atoms with Crippen LogP contribution in [-0.2, 0) is 4.79 Å². The lowest BCUT2D eigenvalue weighted by Gasteiger charge is -2.08. The van der Waals surface area contributed by atoms with Gasteiger partial charge in [0, 0.05) is 10.9 Å². The molecule has 0 aromatic heterocycles. The third-order valence-corrected chi connectivity index (χ3v) is 2.26. The molecule has 1 N–H and O–H groups in total. The molecule has 0 amide bonds. The van der Waals surface area contributed by atoms with Crippen molar-refractivity contribution in [3.8, 4) is 0 Å². The van der Waals surface area contributed by atoms with Crippen LogP contribution < -0.4 is 0 Å². The largest absolute Gasteiger partial charge is 0.388 e. The number of ketones is 1. The number of aliphatic hydroxyl groups excluding tert-OH is 1. The van der Waals surface area contributed by atoms with Crippen molar-refractivity contribution in [1.82, 2.24) is 0 Å². The molecule has 0 aliphatic carbocycles.